The number of carbonyl (C=O) groups is 1. The number of unbranched alkanes of at least 4 members (excludes halogenated alkanes) is 4. The molecule has 0 saturated carbocycles. The molecule has 3 nitrogen and oxygen atoms in total. The zero-order valence-electron chi connectivity index (χ0n) is 12.9. The van der Waals surface area contributed by atoms with Crippen molar-refractivity contribution in [1.29, 1.82) is 0 Å². The molecule has 0 heterocycles. The average Bonchev–Trinajstić information content (AvgIpc) is 2.46. The number of hydrogen-bond acceptors (Lipinski definition) is 3. The van der Waals surface area contributed by atoms with E-state index in [0.717, 1.165) is 31.0 Å². The number of esters is 1. The predicted octanol–water partition coefficient (Wildman–Crippen LogP) is 4.64. The van der Waals surface area contributed by atoms with Crippen LogP contribution in [0.3, 0.4) is 0 Å². The number of alkyl halides is 1. The van der Waals surface area contributed by atoms with Gasteiger partial charge in [0.2, 0.25) is 0 Å². The van der Waals surface area contributed by atoms with Crippen LogP contribution in [0.15, 0.2) is 12.2 Å². The number of hydrogen-bond donors (Lipinski definition) is 0. The minimum Gasteiger partial charge on any atom is -0.464 e. The molecule has 0 bridgehead atoms. The standard InChI is InChI=1S/C16H29BrO3/c1-3-5-6-10-13-19-15(4-2)16(18)20-14-11-8-7-9-12-17/h6,10,15H,3-5,7-9,11-14H2,1-2H3/b10-6+. The lowest BCUT2D eigenvalue weighted by Crippen LogP contribution is -2.26. The molecule has 20 heavy (non-hydrogen) atoms. The Balaban J connectivity index is 3.68. The molecular formula is C16H29BrO3. The largest absolute Gasteiger partial charge is 0.464 e. The second kappa shape index (κ2) is 15.0. The topological polar surface area (TPSA) is 35.5 Å². The van der Waals surface area contributed by atoms with Crippen LogP contribution in [0, 0.1) is 0 Å². The third-order valence-electron chi connectivity index (χ3n) is 2.92. The van der Waals surface area contributed by atoms with Crippen molar-refractivity contribution in [2.45, 2.75) is 64.9 Å². The number of carbonyl (C=O) groups excluding carboxylic acids is 1. The molecule has 0 aliphatic carbocycles. The molecular weight excluding hydrogens is 320 g/mol. The van der Waals surface area contributed by atoms with E-state index in [2.05, 4.69) is 28.9 Å². The molecule has 4 heteroatoms. The Morgan fingerprint density at radius 2 is 1.90 bits per heavy atom. The highest BCUT2D eigenvalue weighted by Crippen LogP contribution is 2.05. The summed E-state index contributed by atoms with van der Waals surface area (Å²) in [5, 5.41) is 1.05. The Kier molecular flexibility index (Phi) is 14.8. The first kappa shape index (κ1) is 19.7. The molecule has 0 saturated heterocycles. The number of rotatable bonds is 13. The van der Waals surface area contributed by atoms with Gasteiger partial charge < -0.3 is 9.47 Å². The first-order chi connectivity index (χ1) is 9.76. The summed E-state index contributed by atoms with van der Waals surface area (Å²) in [5.74, 6) is -0.225. The van der Waals surface area contributed by atoms with Crippen molar-refractivity contribution in [3.8, 4) is 0 Å². The van der Waals surface area contributed by atoms with Gasteiger partial charge in [-0.3, -0.25) is 0 Å². The number of ether oxygens (including phenoxy) is 2. The molecule has 0 aliphatic rings. The molecule has 0 aliphatic heterocycles. The zero-order chi connectivity index (χ0) is 15.1. The van der Waals surface area contributed by atoms with E-state index < -0.39 is 6.10 Å². The Morgan fingerprint density at radius 3 is 2.55 bits per heavy atom. The van der Waals surface area contributed by atoms with Crippen molar-refractivity contribution in [3.05, 3.63) is 12.2 Å². The fourth-order valence-electron chi connectivity index (χ4n) is 1.69. The molecule has 0 aromatic carbocycles. The van der Waals surface area contributed by atoms with E-state index in [0.29, 0.717) is 19.6 Å². The maximum absolute atomic E-state index is 11.8. The first-order valence-electron chi connectivity index (χ1n) is 7.75. The molecule has 1 atom stereocenters. The van der Waals surface area contributed by atoms with Crippen molar-refractivity contribution < 1.29 is 14.3 Å². The van der Waals surface area contributed by atoms with Crippen LogP contribution in [0.2, 0.25) is 0 Å². The summed E-state index contributed by atoms with van der Waals surface area (Å²) in [4.78, 5) is 11.8. The van der Waals surface area contributed by atoms with Crippen LogP contribution in [0.5, 0.6) is 0 Å². The number of allylic oxidation sites excluding steroid dienone is 1. The summed E-state index contributed by atoms with van der Waals surface area (Å²) in [5.41, 5.74) is 0. The smallest absolute Gasteiger partial charge is 0.335 e. The predicted molar refractivity (Wildman–Crippen MR) is 87.3 cm³/mol. The van der Waals surface area contributed by atoms with Crippen molar-refractivity contribution in [2.75, 3.05) is 18.5 Å². The summed E-state index contributed by atoms with van der Waals surface area (Å²) in [6.07, 6.45) is 10.9. The minimum absolute atomic E-state index is 0.225. The van der Waals surface area contributed by atoms with Crippen LogP contribution in [-0.2, 0) is 14.3 Å². The lowest BCUT2D eigenvalue weighted by molar-refractivity contribution is -0.156. The summed E-state index contributed by atoms with van der Waals surface area (Å²) in [7, 11) is 0. The molecule has 0 aromatic heterocycles. The average molecular weight is 349 g/mol. The van der Waals surface area contributed by atoms with Gasteiger partial charge in [0, 0.05) is 5.33 Å². The Bertz CT molecular complexity index is 254. The Morgan fingerprint density at radius 1 is 1.15 bits per heavy atom. The van der Waals surface area contributed by atoms with Crippen LogP contribution >= 0.6 is 15.9 Å². The molecule has 118 valence electrons. The highest BCUT2D eigenvalue weighted by Gasteiger charge is 2.17. The molecule has 0 fully saturated rings. The summed E-state index contributed by atoms with van der Waals surface area (Å²) >= 11 is 3.40. The second-order valence-corrected chi connectivity index (χ2v) is 5.55. The van der Waals surface area contributed by atoms with Crippen LogP contribution in [0.4, 0.5) is 0 Å². The maximum Gasteiger partial charge on any atom is 0.335 e. The van der Waals surface area contributed by atoms with E-state index in [1.807, 2.05) is 13.0 Å². The van der Waals surface area contributed by atoms with Gasteiger partial charge in [0.05, 0.1) is 13.2 Å². The van der Waals surface area contributed by atoms with Gasteiger partial charge in [0.1, 0.15) is 0 Å². The SMILES string of the molecule is CCC/C=C/COC(CC)C(=O)OCCCCCCBr. The minimum atomic E-state index is -0.427. The van der Waals surface area contributed by atoms with E-state index in [4.69, 9.17) is 9.47 Å². The monoisotopic (exact) mass is 348 g/mol. The van der Waals surface area contributed by atoms with Gasteiger partial charge in [0.25, 0.3) is 0 Å². The third kappa shape index (κ3) is 11.5. The van der Waals surface area contributed by atoms with Crippen LogP contribution in [0.1, 0.15) is 58.8 Å². The fourth-order valence-corrected chi connectivity index (χ4v) is 2.09. The Hall–Kier alpha value is -0.350. The van der Waals surface area contributed by atoms with E-state index in [9.17, 15) is 4.79 Å². The van der Waals surface area contributed by atoms with Gasteiger partial charge in [-0.1, -0.05) is 61.2 Å². The van der Waals surface area contributed by atoms with Crippen molar-refractivity contribution in [2.24, 2.45) is 0 Å². The van der Waals surface area contributed by atoms with Gasteiger partial charge in [0.15, 0.2) is 6.10 Å². The summed E-state index contributed by atoms with van der Waals surface area (Å²) in [6.45, 7) is 5.07. The van der Waals surface area contributed by atoms with Crippen LogP contribution < -0.4 is 0 Å². The van der Waals surface area contributed by atoms with Gasteiger partial charge in [-0.15, -0.1) is 0 Å². The lowest BCUT2D eigenvalue weighted by Gasteiger charge is -2.14. The third-order valence-corrected chi connectivity index (χ3v) is 3.48. The van der Waals surface area contributed by atoms with Crippen molar-refractivity contribution >= 4 is 21.9 Å². The van der Waals surface area contributed by atoms with Gasteiger partial charge in [-0.05, 0) is 25.7 Å². The highest BCUT2D eigenvalue weighted by atomic mass is 79.9. The molecule has 0 radical (unpaired) electrons. The van der Waals surface area contributed by atoms with Crippen LogP contribution in [0.25, 0.3) is 0 Å². The van der Waals surface area contributed by atoms with Gasteiger partial charge in [-0.25, -0.2) is 4.79 Å². The lowest BCUT2D eigenvalue weighted by atomic mass is 10.2. The molecule has 0 rings (SSSR count). The maximum atomic E-state index is 11.8. The highest BCUT2D eigenvalue weighted by molar-refractivity contribution is 9.09. The van der Waals surface area contributed by atoms with E-state index in [-0.39, 0.29) is 5.97 Å². The molecule has 0 N–H and O–H groups in total. The normalized spacial score (nSPS) is 12.8. The molecule has 0 amide bonds. The molecule has 0 spiro atoms. The molecule has 0 aromatic rings. The number of halogens is 1. The van der Waals surface area contributed by atoms with E-state index in [1.165, 1.54) is 12.8 Å². The zero-order valence-corrected chi connectivity index (χ0v) is 14.5. The second-order valence-electron chi connectivity index (χ2n) is 4.76. The Labute approximate surface area is 132 Å². The van der Waals surface area contributed by atoms with Gasteiger partial charge in [-0.2, -0.15) is 0 Å². The summed E-state index contributed by atoms with van der Waals surface area (Å²) < 4.78 is 10.8. The van der Waals surface area contributed by atoms with Crippen molar-refractivity contribution in [1.82, 2.24) is 0 Å². The first-order valence-corrected chi connectivity index (χ1v) is 8.87. The van der Waals surface area contributed by atoms with E-state index >= 15 is 0 Å². The van der Waals surface area contributed by atoms with E-state index in [1.54, 1.807) is 0 Å². The van der Waals surface area contributed by atoms with Crippen molar-refractivity contribution in [3.63, 3.8) is 0 Å². The quantitative estimate of drug-likeness (QED) is 0.210. The molecule has 1 unspecified atom stereocenters. The van der Waals surface area contributed by atoms with Gasteiger partial charge >= 0.3 is 5.97 Å². The fraction of sp³-hybridized carbons (Fsp3) is 0.812. The van der Waals surface area contributed by atoms with Crippen LogP contribution in [-0.4, -0.2) is 30.6 Å². The summed E-state index contributed by atoms with van der Waals surface area (Å²) in [6, 6.07) is 0.